The summed E-state index contributed by atoms with van der Waals surface area (Å²) in [6, 6.07) is 1.29. The quantitative estimate of drug-likeness (QED) is 0.808. The molecule has 5 heteroatoms. The Balaban J connectivity index is 1.70. The SMILES string of the molecule is CCCNC1CCC(N(C)C(=O)NC2CCOC2)CC1. The molecule has 0 bridgehead atoms. The van der Waals surface area contributed by atoms with Crippen LogP contribution >= 0.6 is 0 Å². The molecule has 0 aromatic heterocycles. The molecule has 0 spiro atoms. The van der Waals surface area contributed by atoms with E-state index < -0.39 is 0 Å². The average Bonchev–Trinajstić information content (AvgIpc) is 2.97. The zero-order chi connectivity index (χ0) is 14.4. The number of carbonyl (C=O) groups is 1. The van der Waals surface area contributed by atoms with E-state index in [0.29, 0.717) is 18.7 Å². The van der Waals surface area contributed by atoms with E-state index in [1.54, 1.807) is 0 Å². The highest BCUT2D eigenvalue weighted by atomic mass is 16.5. The molecule has 1 saturated carbocycles. The summed E-state index contributed by atoms with van der Waals surface area (Å²) in [5.74, 6) is 0. The predicted octanol–water partition coefficient (Wildman–Crippen LogP) is 1.73. The van der Waals surface area contributed by atoms with Gasteiger partial charge in [0.1, 0.15) is 0 Å². The van der Waals surface area contributed by atoms with Crippen molar-refractivity contribution < 1.29 is 9.53 Å². The number of rotatable bonds is 5. The van der Waals surface area contributed by atoms with Crippen molar-refractivity contribution in [1.29, 1.82) is 0 Å². The van der Waals surface area contributed by atoms with Crippen LogP contribution in [0.5, 0.6) is 0 Å². The molecule has 1 aliphatic heterocycles. The number of urea groups is 1. The van der Waals surface area contributed by atoms with E-state index in [1.165, 1.54) is 19.3 Å². The first-order valence-corrected chi connectivity index (χ1v) is 8.05. The molecule has 2 rings (SSSR count). The highest BCUT2D eigenvalue weighted by molar-refractivity contribution is 5.74. The van der Waals surface area contributed by atoms with Crippen LogP contribution in [0, 0.1) is 0 Å². The molecule has 2 fully saturated rings. The molecule has 1 aliphatic carbocycles. The van der Waals surface area contributed by atoms with Crippen LogP contribution in [0.25, 0.3) is 0 Å². The lowest BCUT2D eigenvalue weighted by Gasteiger charge is -2.35. The van der Waals surface area contributed by atoms with Gasteiger partial charge in [-0.3, -0.25) is 0 Å². The monoisotopic (exact) mass is 283 g/mol. The summed E-state index contributed by atoms with van der Waals surface area (Å²) >= 11 is 0. The second-order valence-corrected chi connectivity index (χ2v) is 6.08. The Morgan fingerprint density at radius 2 is 1.95 bits per heavy atom. The van der Waals surface area contributed by atoms with Crippen molar-refractivity contribution in [1.82, 2.24) is 15.5 Å². The molecule has 0 aromatic carbocycles. The van der Waals surface area contributed by atoms with Crippen LogP contribution in [0.2, 0.25) is 0 Å². The normalized spacial score (nSPS) is 30.2. The lowest BCUT2D eigenvalue weighted by atomic mass is 9.90. The lowest BCUT2D eigenvalue weighted by molar-refractivity contribution is 0.157. The summed E-state index contributed by atoms with van der Waals surface area (Å²) in [7, 11) is 1.93. The minimum atomic E-state index is 0.0606. The molecule has 1 unspecified atom stereocenters. The van der Waals surface area contributed by atoms with Crippen LogP contribution in [0.4, 0.5) is 4.79 Å². The zero-order valence-corrected chi connectivity index (χ0v) is 12.9. The largest absolute Gasteiger partial charge is 0.379 e. The van der Waals surface area contributed by atoms with Gasteiger partial charge in [0.05, 0.1) is 12.6 Å². The fourth-order valence-electron chi connectivity index (χ4n) is 3.11. The van der Waals surface area contributed by atoms with Crippen LogP contribution in [0.15, 0.2) is 0 Å². The number of nitrogens with one attached hydrogen (secondary N) is 2. The second-order valence-electron chi connectivity index (χ2n) is 6.08. The first-order chi connectivity index (χ1) is 9.70. The molecular formula is C15H29N3O2. The molecule has 1 atom stereocenters. The molecule has 2 amide bonds. The Kier molecular flexibility index (Phi) is 6.10. The first-order valence-electron chi connectivity index (χ1n) is 8.05. The van der Waals surface area contributed by atoms with Crippen LogP contribution in [-0.4, -0.2) is 55.9 Å². The van der Waals surface area contributed by atoms with Crippen LogP contribution < -0.4 is 10.6 Å². The Hall–Kier alpha value is -0.810. The van der Waals surface area contributed by atoms with E-state index in [9.17, 15) is 4.79 Å². The number of carbonyl (C=O) groups excluding carboxylic acids is 1. The number of ether oxygens (including phenoxy) is 1. The van der Waals surface area contributed by atoms with E-state index in [1.807, 2.05) is 11.9 Å². The maximum Gasteiger partial charge on any atom is 0.317 e. The molecule has 1 saturated heterocycles. The van der Waals surface area contributed by atoms with Gasteiger partial charge in [-0.25, -0.2) is 4.79 Å². The molecule has 0 radical (unpaired) electrons. The van der Waals surface area contributed by atoms with Crippen molar-refractivity contribution in [3.05, 3.63) is 0 Å². The maximum atomic E-state index is 12.2. The molecule has 1 heterocycles. The molecule has 20 heavy (non-hydrogen) atoms. The third-order valence-electron chi connectivity index (χ3n) is 4.51. The standard InChI is InChI=1S/C15H29N3O2/c1-3-9-16-12-4-6-14(7-5-12)18(2)15(19)17-13-8-10-20-11-13/h12-14,16H,3-11H2,1-2H3,(H,17,19). The van der Waals surface area contributed by atoms with Crippen molar-refractivity contribution in [3.63, 3.8) is 0 Å². The van der Waals surface area contributed by atoms with Gasteiger partial charge in [-0.2, -0.15) is 0 Å². The Labute approximate surface area is 122 Å². The minimum absolute atomic E-state index is 0.0606. The number of nitrogens with zero attached hydrogens (tertiary/aromatic N) is 1. The third-order valence-corrected chi connectivity index (χ3v) is 4.51. The van der Waals surface area contributed by atoms with Gasteiger partial charge in [0, 0.05) is 25.7 Å². The van der Waals surface area contributed by atoms with Crippen LogP contribution in [0.1, 0.15) is 45.4 Å². The minimum Gasteiger partial charge on any atom is -0.379 e. The Morgan fingerprint density at radius 1 is 1.20 bits per heavy atom. The van der Waals surface area contributed by atoms with Crippen molar-refractivity contribution in [2.24, 2.45) is 0 Å². The summed E-state index contributed by atoms with van der Waals surface area (Å²) in [4.78, 5) is 14.1. The summed E-state index contributed by atoms with van der Waals surface area (Å²) in [6.45, 7) is 4.73. The van der Waals surface area contributed by atoms with E-state index >= 15 is 0 Å². The lowest BCUT2D eigenvalue weighted by Crippen LogP contribution is -2.49. The van der Waals surface area contributed by atoms with E-state index in [0.717, 1.165) is 32.4 Å². The molecule has 116 valence electrons. The Bertz CT molecular complexity index is 297. The fourth-order valence-corrected chi connectivity index (χ4v) is 3.11. The van der Waals surface area contributed by atoms with Gasteiger partial charge < -0.3 is 20.3 Å². The predicted molar refractivity (Wildman–Crippen MR) is 79.9 cm³/mol. The molecule has 2 aliphatic rings. The number of amides is 2. The smallest absolute Gasteiger partial charge is 0.317 e. The van der Waals surface area contributed by atoms with Gasteiger partial charge in [0.15, 0.2) is 0 Å². The van der Waals surface area contributed by atoms with Gasteiger partial charge in [-0.15, -0.1) is 0 Å². The molecule has 0 aromatic rings. The van der Waals surface area contributed by atoms with Crippen molar-refractivity contribution in [2.75, 3.05) is 26.8 Å². The van der Waals surface area contributed by atoms with Crippen molar-refractivity contribution in [3.8, 4) is 0 Å². The maximum absolute atomic E-state index is 12.2. The highest BCUT2D eigenvalue weighted by Crippen LogP contribution is 2.22. The van der Waals surface area contributed by atoms with Gasteiger partial charge in [0.2, 0.25) is 0 Å². The van der Waals surface area contributed by atoms with Gasteiger partial charge >= 0.3 is 6.03 Å². The molecular weight excluding hydrogens is 254 g/mol. The van der Waals surface area contributed by atoms with Crippen molar-refractivity contribution in [2.45, 2.75) is 63.6 Å². The fraction of sp³-hybridized carbons (Fsp3) is 0.933. The van der Waals surface area contributed by atoms with Gasteiger partial charge in [-0.1, -0.05) is 6.92 Å². The summed E-state index contributed by atoms with van der Waals surface area (Å²) in [5.41, 5.74) is 0. The van der Waals surface area contributed by atoms with Gasteiger partial charge in [-0.05, 0) is 45.1 Å². The summed E-state index contributed by atoms with van der Waals surface area (Å²) in [6.07, 6.45) is 6.68. The second kappa shape index (κ2) is 7.84. The van der Waals surface area contributed by atoms with E-state index in [2.05, 4.69) is 17.6 Å². The topological polar surface area (TPSA) is 53.6 Å². The first kappa shape index (κ1) is 15.6. The molecule has 2 N–H and O–H groups in total. The highest BCUT2D eigenvalue weighted by Gasteiger charge is 2.27. The average molecular weight is 283 g/mol. The van der Waals surface area contributed by atoms with E-state index in [-0.39, 0.29) is 12.1 Å². The Morgan fingerprint density at radius 3 is 2.55 bits per heavy atom. The number of hydrogen-bond donors (Lipinski definition) is 2. The van der Waals surface area contributed by atoms with Crippen LogP contribution in [-0.2, 0) is 4.74 Å². The summed E-state index contributed by atoms with van der Waals surface area (Å²) < 4.78 is 5.29. The zero-order valence-electron chi connectivity index (χ0n) is 12.9. The number of hydrogen-bond acceptors (Lipinski definition) is 3. The molecule has 5 nitrogen and oxygen atoms in total. The van der Waals surface area contributed by atoms with Crippen LogP contribution in [0.3, 0.4) is 0 Å². The van der Waals surface area contributed by atoms with E-state index in [4.69, 9.17) is 4.74 Å². The summed E-state index contributed by atoms with van der Waals surface area (Å²) in [5, 5.41) is 6.65. The third kappa shape index (κ3) is 4.35. The van der Waals surface area contributed by atoms with Crippen molar-refractivity contribution >= 4 is 6.03 Å². The van der Waals surface area contributed by atoms with Gasteiger partial charge in [0.25, 0.3) is 0 Å².